The molecule has 0 spiro atoms. The van der Waals surface area contributed by atoms with E-state index < -0.39 is 0 Å². The summed E-state index contributed by atoms with van der Waals surface area (Å²) in [6, 6.07) is 12.3. The summed E-state index contributed by atoms with van der Waals surface area (Å²) in [6.45, 7) is 7.02. The van der Waals surface area contributed by atoms with Crippen molar-refractivity contribution in [2.45, 2.75) is 26.8 Å². The Labute approximate surface area is 152 Å². The minimum absolute atomic E-state index is 0.773. The summed E-state index contributed by atoms with van der Waals surface area (Å²) in [5.41, 5.74) is 6.73. The molecule has 0 saturated carbocycles. The second kappa shape index (κ2) is 6.66. The van der Waals surface area contributed by atoms with Gasteiger partial charge in [0, 0.05) is 30.2 Å². The van der Waals surface area contributed by atoms with Gasteiger partial charge in [0.15, 0.2) is 5.58 Å². The van der Waals surface area contributed by atoms with Gasteiger partial charge in [0.2, 0.25) is 5.89 Å². The van der Waals surface area contributed by atoms with Crippen LogP contribution in [0.25, 0.3) is 16.7 Å². The highest BCUT2D eigenvalue weighted by Gasteiger charge is 2.18. The Morgan fingerprint density at radius 3 is 2.68 bits per heavy atom. The molecular weight excluding hydrogens is 332 g/mol. The third-order valence-corrected chi connectivity index (χ3v) is 4.96. The number of halogens is 1. The molecule has 0 aliphatic carbocycles. The summed E-state index contributed by atoms with van der Waals surface area (Å²) in [4.78, 5) is 7.13. The first-order chi connectivity index (χ1) is 12.1. The average molecular weight is 353 g/mol. The highest BCUT2D eigenvalue weighted by atomic mass is 35.5. The van der Waals surface area contributed by atoms with Gasteiger partial charge in [0.25, 0.3) is 0 Å². The van der Waals surface area contributed by atoms with Crippen molar-refractivity contribution in [1.29, 1.82) is 0 Å². The van der Waals surface area contributed by atoms with Gasteiger partial charge in [-0.3, -0.25) is 4.90 Å². The number of nitrogens with zero attached hydrogens (tertiary/aromatic N) is 2. The molecule has 128 valence electrons. The molecule has 25 heavy (non-hydrogen) atoms. The van der Waals surface area contributed by atoms with Gasteiger partial charge >= 0.3 is 0 Å². The Morgan fingerprint density at radius 2 is 1.96 bits per heavy atom. The van der Waals surface area contributed by atoms with Gasteiger partial charge in [-0.1, -0.05) is 35.9 Å². The fourth-order valence-corrected chi connectivity index (χ4v) is 3.54. The van der Waals surface area contributed by atoms with E-state index in [1.807, 2.05) is 12.1 Å². The van der Waals surface area contributed by atoms with Crippen molar-refractivity contribution in [3.8, 4) is 0 Å². The molecule has 1 aliphatic heterocycles. The van der Waals surface area contributed by atoms with Crippen molar-refractivity contribution in [3.63, 3.8) is 0 Å². The number of benzene rings is 2. The largest absolute Gasteiger partial charge is 0.436 e. The number of fused-ring (bicyclic) bond motifs is 1. The quantitative estimate of drug-likeness (QED) is 0.633. The SMILES string of the molecule is Cc1cc(C)c2oc(C3=CCN(Cc4ccc(Cl)cc4)CC3)nc2c1. The molecule has 4 rings (SSSR count). The molecule has 0 N–H and O–H groups in total. The van der Waals surface area contributed by atoms with Crippen LogP contribution >= 0.6 is 11.6 Å². The lowest BCUT2D eigenvalue weighted by Gasteiger charge is -2.25. The van der Waals surface area contributed by atoms with E-state index >= 15 is 0 Å². The minimum atomic E-state index is 0.773. The predicted octanol–water partition coefficient (Wildman–Crippen LogP) is 5.39. The number of oxazole rings is 1. The predicted molar refractivity (Wildman–Crippen MR) is 103 cm³/mol. The number of rotatable bonds is 3. The Hall–Kier alpha value is -2.10. The molecule has 3 aromatic rings. The first-order valence-corrected chi connectivity index (χ1v) is 9.00. The van der Waals surface area contributed by atoms with Crippen molar-refractivity contribution < 1.29 is 4.42 Å². The van der Waals surface area contributed by atoms with Crippen molar-refractivity contribution in [2.24, 2.45) is 0 Å². The van der Waals surface area contributed by atoms with Crippen molar-refractivity contribution in [2.75, 3.05) is 13.1 Å². The summed E-state index contributed by atoms with van der Waals surface area (Å²) in [5.74, 6) is 0.773. The molecule has 1 aromatic heterocycles. The van der Waals surface area contributed by atoms with Gasteiger partial charge in [-0.2, -0.15) is 0 Å². The van der Waals surface area contributed by atoms with Gasteiger partial charge in [0.05, 0.1) is 0 Å². The number of hydrogen-bond donors (Lipinski definition) is 0. The third-order valence-electron chi connectivity index (χ3n) is 4.71. The molecular formula is C21H21ClN2O. The molecule has 0 atom stereocenters. The van der Waals surface area contributed by atoms with Crippen LogP contribution in [0.5, 0.6) is 0 Å². The molecule has 0 amide bonds. The molecule has 2 aromatic carbocycles. The van der Waals surface area contributed by atoms with E-state index in [-0.39, 0.29) is 0 Å². The summed E-state index contributed by atoms with van der Waals surface area (Å²) >= 11 is 5.96. The molecule has 0 radical (unpaired) electrons. The van der Waals surface area contributed by atoms with Crippen LogP contribution in [-0.2, 0) is 6.54 Å². The maximum atomic E-state index is 6.05. The van der Waals surface area contributed by atoms with Crippen molar-refractivity contribution in [1.82, 2.24) is 9.88 Å². The standard InChI is InChI=1S/C21H21ClN2O/c1-14-11-15(2)20-19(12-14)23-21(25-20)17-7-9-24(10-8-17)13-16-3-5-18(22)6-4-16/h3-7,11-12H,8-10,13H2,1-2H3. The fraction of sp³-hybridized carbons (Fsp3) is 0.286. The lowest BCUT2D eigenvalue weighted by Crippen LogP contribution is -2.28. The van der Waals surface area contributed by atoms with E-state index in [0.29, 0.717) is 0 Å². The summed E-state index contributed by atoms with van der Waals surface area (Å²) < 4.78 is 6.05. The summed E-state index contributed by atoms with van der Waals surface area (Å²) in [6.07, 6.45) is 3.20. The van der Waals surface area contributed by atoms with E-state index in [9.17, 15) is 0 Å². The van der Waals surface area contributed by atoms with Gasteiger partial charge in [0.1, 0.15) is 5.52 Å². The highest BCUT2D eigenvalue weighted by Crippen LogP contribution is 2.28. The summed E-state index contributed by atoms with van der Waals surface area (Å²) in [5, 5.41) is 0.783. The highest BCUT2D eigenvalue weighted by molar-refractivity contribution is 6.30. The van der Waals surface area contributed by atoms with Crippen LogP contribution in [0.2, 0.25) is 5.02 Å². The molecule has 0 fully saturated rings. The zero-order chi connectivity index (χ0) is 17.4. The van der Waals surface area contributed by atoms with Gasteiger partial charge in [-0.05, 0) is 55.2 Å². The van der Waals surface area contributed by atoms with Crippen LogP contribution < -0.4 is 0 Å². The van der Waals surface area contributed by atoms with Gasteiger partial charge < -0.3 is 4.42 Å². The number of aryl methyl sites for hydroxylation is 2. The second-order valence-corrected chi connectivity index (χ2v) is 7.23. The topological polar surface area (TPSA) is 29.3 Å². The zero-order valence-electron chi connectivity index (χ0n) is 14.6. The molecule has 3 nitrogen and oxygen atoms in total. The van der Waals surface area contributed by atoms with E-state index in [1.165, 1.54) is 16.7 Å². The second-order valence-electron chi connectivity index (χ2n) is 6.79. The Bertz CT molecular complexity index is 940. The molecule has 0 saturated heterocycles. The van der Waals surface area contributed by atoms with Crippen LogP contribution in [-0.4, -0.2) is 23.0 Å². The summed E-state index contributed by atoms with van der Waals surface area (Å²) in [7, 11) is 0. The van der Waals surface area contributed by atoms with Gasteiger partial charge in [-0.25, -0.2) is 4.98 Å². The van der Waals surface area contributed by atoms with Gasteiger partial charge in [-0.15, -0.1) is 0 Å². The fourth-order valence-electron chi connectivity index (χ4n) is 3.41. The maximum Gasteiger partial charge on any atom is 0.223 e. The third kappa shape index (κ3) is 3.48. The Balaban J connectivity index is 1.50. The van der Waals surface area contributed by atoms with Crippen LogP contribution in [0, 0.1) is 13.8 Å². The molecule has 0 bridgehead atoms. The Morgan fingerprint density at radius 1 is 1.16 bits per heavy atom. The minimum Gasteiger partial charge on any atom is -0.436 e. The lowest BCUT2D eigenvalue weighted by atomic mass is 10.1. The van der Waals surface area contributed by atoms with E-state index in [1.54, 1.807) is 0 Å². The van der Waals surface area contributed by atoms with E-state index in [0.717, 1.165) is 53.6 Å². The first kappa shape index (κ1) is 16.4. The van der Waals surface area contributed by atoms with Crippen LogP contribution in [0.1, 0.15) is 29.0 Å². The molecule has 0 unspecified atom stereocenters. The lowest BCUT2D eigenvalue weighted by molar-refractivity contribution is 0.292. The van der Waals surface area contributed by atoms with Crippen LogP contribution in [0.3, 0.4) is 0 Å². The Kier molecular flexibility index (Phi) is 4.36. The maximum absolute atomic E-state index is 6.05. The normalized spacial score (nSPS) is 15.6. The van der Waals surface area contributed by atoms with Crippen molar-refractivity contribution >= 4 is 28.3 Å². The van der Waals surface area contributed by atoms with Crippen molar-refractivity contribution in [3.05, 3.63) is 70.1 Å². The van der Waals surface area contributed by atoms with Crippen LogP contribution in [0.4, 0.5) is 0 Å². The molecule has 1 aliphatic rings. The number of aromatic nitrogens is 1. The number of hydrogen-bond acceptors (Lipinski definition) is 3. The molecule has 2 heterocycles. The monoisotopic (exact) mass is 352 g/mol. The smallest absolute Gasteiger partial charge is 0.223 e. The van der Waals surface area contributed by atoms with E-state index in [4.69, 9.17) is 21.0 Å². The zero-order valence-corrected chi connectivity index (χ0v) is 15.3. The van der Waals surface area contributed by atoms with Crippen LogP contribution in [0.15, 0.2) is 46.9 Å². The van der Waals surface area contributed by atoms with E-state index in [2.05, 4.69) is 49.1 Å². The average Bonchev–Trinajstić information content (AvgIpc) is 3.02. The first-order valence-electron chi connectivity index (χ1n) is 8.62. The molecule has 4 heteroatoms.